The van der Waals surface area contributed by atoms with Gasteiger partial charge in [0, 0.05) is 13.5 Å². The van der Waals surface area contributed by atoms with Gasteiger partial charge in [0.1, 0.15) is 22.9 Å². The summed E-state index contributed by atoms with van der Waals surface area (Å²) in [5, 5.41) is 31.0. The zero-order valence-electron chi connectivity index (χ0n) is 14.5. The molecule has 4 heterocycles. The fourth-order valence-electron chi connectivity index (χ4n) is 2.98. The molecule has 0 spiro atoms. The number of rotatable bonds is 5. The van der Waals surface area contributed by atoms with Crippen LogP contribution >= 0.6 is 11.8 Å². The van der Waals surface area contributed by atoms with E-state index < -0.39 is 23.4 Å². The van der Waals surface area contributed by atoms with Crippen molar-refractivity contribution in [1.29, 1.82) is 0 Å². The molecule has 1 aliphatic rings. The molecule has 3 atom stereocenters. The van der Waals surface area contributed by atoms with Crippen LogP contribution in [0.5, 0.6) is 0 Å². The summed E-state index contributed by atoms with van der Waals surface area (Å²) in [7, 11) is 1.63. The molecule has 0 bridgehead atoms. The summed E-state index contributed by atoms with van der Waals surface area (Å²) in [6.07, 6.45) is 0.942. The van der Waals surface area contributed by atoms with Crippen LogP contribution in [0.15, 0.2) is 22.7 Å². The van der Waals surface area contributed by atoms with E-state index in [4.69, 9.17) is 10.5 Å². The summed E-state index contributed by atoms with van der Waals surface area (Å²) in [5.41, 5.74) is 6.57. The van der Waals surface area contributed by atoms with Crippen molar-refractivity contribution in [2.75, 3.05) is 12.3 Å². The molecule has 4 N–H and O–H groups in total. The van der Waals surface area contributed by atoms with E-state index >= 15 is 0 Å². The van der Waals surface area contributed by atoms with Gasteiger partial charge < -0.3 is 35.4 Å². The number of nitrogen functional groups attached to an aromatic ring is 1. The molecule has 0 unspecified atom stereocenters. The number of imidazole rings is 2. The van der Waals surface area contributed by atoms with Crippen LogP contribution in [0.4, 0.5) is 11.8 Å². The molecule has 1 aliphatic heterocycles. The van der Waals surface area contributed by atoms with Gasteiger partial charge in [-0.2, -0.15) is 4.98 Å². The Bertz CT molecular complexity index is 1050. The number of nitro groups is 1. The predicted octanol–water partition coefficient (Wildman–Crippen LogP) is -0.158. The highest BCUT2D eigenvalue weighted by molar-refractivity contribution is 7.99. The summed E-state index contributed by atoms with van der Waals surface area (Å²) in [5.74, 6) is -0.343. The monoisotopic (exact) mass is 408 g/mol. The molecule has 4 rings (SSSR count). The number of nitrogens with zero attached hydrogens (tertiary/aromatic N) is 7. The minimum absolute atomic E-state index is 0.0428. The fourth-order valence-corrected chi connectivity index (χ4v) is 3.95. The number of fused-ring (bicyclic) bond motifs is 1. The molecular weight excluding hydrogens is 392 g/mol. The van der Waals surface area contributed by atoms with E-state index in [1.807, 2.05) is 0 Å². The van der Waals surface area contributed by atoms with Crippen molar-refractivity contribution in [1.82, 2.24) is 29.1 Å². The summed E-state index contributed by atoms with van der Waals surface area (Å²) >= 11 is 1.00. The van der Waals surface area contributed by atoms with Gasteiger partial charge in [0.15, 0.2) is 10.7 Å². The molecule has 148 valence electrons. The van der Waals surface area contributed by atoms with Gasteiger partial charge in [0.2, 0.25) is 12.3 Å². The lowest BCUT2D eigenvalue weighted by molar-refractivity contribution is -0.392. The zero-order valence-corrected chi connectivity index (χ0v) is 15.4. The lowest BCUT2D eigenvalue weighted by Crippen LogP contribution is -2.24. The van der Waals surface area contributed by atoms with E-state index in [1.165, 1.54) is 17.2 Å². The van der Waals surface area contributed by atoms with Gasteiger partial charge in [0.05, 0.1) is 19.0 Å². The molecule has 1 fully saturated rings. The number of hydrogen-bond acceptors (Lipinski definition) is 11. The maximum absolute atomic E-state index is 11.2. The maximum atomic E-state index is 11.2. The molecule has 0 aromatic carbocycles. The summed E-state index contributed by atoms with van der Waals surface area (Å²) in [6.45, 7) is -0.313. The van der Waals surface area contributed by atoms with E-state index in [0.29, 0.717) is 16.2 Å². The Kier molecular flexibility index (Phi) is 4.62. The van der Waals surface area contributed by atoms with Crippen LogP contribution in [0.2, 0.25) is 0 Å². The number of aromatic nitrogens is 6. The minimum Gasteiger partial charge on any atom is -0.394 e. The molecule has 13 nitrogen and oxygen atoms in total. The summed E-state index contributed by atoms with van der Waals surface area (Å²) < 4.78 is 8.74. The normalized spacial score (nSPS) is 22.2. The van der Waals surface area contributed by atoms with Gasteiger partial charge in [-0.25, -0.2) is 9.97 Å². The first kappa shape index (κ1) is 18.5. The Morgan fingerprint density at radius 1 is 1.43 bits per heavy atom. The number of aryl methyl sites for hydroxylation is 1. The second-order valence-corrected chi connectivity index (χ2v) is 7.15. The van der Waals surface area contributed by atoms with Gasteiger partial charge in [0.25, 0.3) is 0 Å². The van der Waals surface area contributed by atoms with Crippen molar-refractivity contribution in [2.45, 2.75) is 34.9 Å². The number of aliphatic hydroxyl groups excluding tert-OH is 2. The minimum atomic E-state index is -0.822. The van der Waals surface area contributed by atoms with Crippen LogP contribution in [0.1, 0.15) is 12.6 Å². The first-order chi connectivity index (χ1) is 13.4. The highest BCUT2D eigenvalue weighted by Crippen LogP contribution is 2.37. The Hall–Kier alpha value is -2.81. The Morgan fingerprint density at radius 2 is 2.21 bits per heavy atom. The molecule has 0 amide bonds. The van der Waals surface area contributed by atoms with Gasteiger partial charge in [-0.3, -0.25) is 4.57 Å². The Balaban J connectivity index is 1.75. The van der Waals surface area contributed by atoms with Gasteiger partial charge in [-0.1, -0.05) is 0 Å². The maximum Gasteiger partial charge on any atom is 0.396 e. The van der Waals surface area contributed by atoms with E-state index in [0.717, 1.165) is 11.8 Å². The van der Waals surface area contributed by atoms with Crippen LogP contribution in [0.25, 0.3) is 11.2 Å². The van der Waals surface area contributed by atoms with Gasteiger partial charge in [-0.15, -0.1) is 0 Å². The highest BCUT2D eigenvalue weighted by atomic mass is 32.2. The third kappa shape index (κ3) is 3.05. The molecule has 1 saturated heterocycles. The van der Waals surface area contributed by atoms with Crippen molar-refractivity contribution in [3.63, 3.8) is 0 Å². The summed E-state index contributed by atoms with van der Waals surface area (Å²) in [6, 6.07) is 0. The Labute approximate surface area is 161 Å². The van der Waals surface area contributed by atoms with Crippen LogP contribution in [-0.4, -0.2) is 63.0 Å². The number of aliphatic hydroxyl groups is 2. The molecule has 28 heavy (non-hydrogen) atoms. The SMILES string of the molecule is Cn1cnc([N+](=O)[O-])c1Sc1nc(N)nc2c1ncn2[C@@H]1C[C@H](O)[C@H](CO)O1. The Morgan fingerprint density at radius 3 is 2.89 bits per heavy atom. The van der Waals surface area contributed by atoms with Crippen molar-refractivity contribution in [2.24, 2.45) is 7.05 Å². The first-order valence-corrected chi connectivity index (χ1v) is 8.98. The average molecular weight is 408 g/mol. The van der Waals surface area contributed by atoms with E-state index in [2.05, 4.69) is 19.9 Å². The van der Waals surface area contributed by atoms with Crippen molar-refractivity contribution in [3.8, 4) is 0 Å². The van der Waals surface area contributed by atoms with Crippen LogP contribution in [0, 0.1) is 10.1 Å². The third-order valence-electron chi connectivity index (χ3n) is 4.33. The standard InChI is InChI=1S/C14H16N8O5S/c1-20-4-17-11(22(25)26)13(20)28-12-9-10(18-14(15)19-12)21(5-16-9)8-2-6(24)7(3-23)27-8/h4-8,23-24H,2-3H2,1H3,(H2,15,18,19)/t6-,7-,8-/m0/s1. The van der Waals surface area contributed by atoms with Crippen LogP contribution in [-0.2, 0) is 11.8 Å². The number of hydrogen-bond donors (Lipinski definition) is 3. The van der Waals surface area contributed by atoms with Gasteiger partial charge >= 0.3 is 5.82 Å². The molecule has 14 heteroatoms. The molecule has 0 radical (unpaired) electrons. The van der Waals surface area contributed by atoms with Crippen LogP contribution < -0.4 is 5.73 Å². The molecular formula is C14H16N8O5S. The molecule has 3 aromatic heterocycles. The van der Waals surface area contributed by atoms with Gasteiger partial charge in [-0.05, 0) is 21.7 Å². The second kappa shape index (κ2) is 6.97. The number of anilines is 1. The van der Waals surface area contributed by atoms with Crippen molar-refractivity contribution < 1.29 is 19.9 Å². The average Bonchev–Trinajstić information content (AvgIpc) is 3.32. The lowest BCUT2D eigenvalue weighted by atomic mass is 10.2. The largest absolute Gasteiger partial charge is 0.396 e. The smallest absolute Gasteiger partial charge is 0.394 e. The molecule has 0 aliphatic carbocycles. The number of ether oxygens (including phenoxy) is 1. The predicted molar refractivity (Wildman–Crippen MR) is 95.3 cm³/mol. The van der Waals surface area contributed by atoms with E-state index in [-0.39, 0.29) is 29.8 Å². The first-order valence-electron chi connectivity index (χ1n) is 8.17. The second-order valence-electron chi connectivity index (χ2n) is 6.17. The molecule has 3 aromatic rings. The van der Waals surface area contributed by atoms with E-state index in [1.54, 1.807) is 11.6 Å². The third-order valence-corrected chi connectivity index (χ3v) is 5.47. The van der Waals surface area contributed by atoms with Crippen molar-refractivity contribution >= 4 is 34.7 Å². The summed E-state index contributed by atoms with van der Waals surface area (Å²) in [4.78, 5) is 27.1. The highest BCUT2D eigenvalue weighted by Gasteiger charge is 2.35. The van der Waals surface area contributed by atoms with Crippen molar-refractivity contribution in [3.05, 3.63) is 22.8 Å². The van der Waals surface area contributed by atoms with Crippen LogP contribution in [0.3, 0.4) is 0 Å². The molecule has 0 saturated carbocycles. The fraction of sp³-hybridized carbons (Fsp3) is 0.429. The number of nitrogens with two attached hydrogens (primary N) is 1. The zero-order chi connectivity index (χ0) is 20.0. The quantitative estimate of drug-likeness (QED) is 0.290. The lowest BCUT2D eigenvalue weighted by Gasteiger charge is -2.13. The topological polar surface area (TPSA) is 180 Å². The van der Waals surface area contributed by atoms with E-state index in [9.17, 15) is 20.3 Å².